The van der Waals surface area contributed by atoms with E-state index in [9.17, 15) is 4.39 Å². The Labute approximate surface area is 139 Å². The fraction of sp³-hybridized carbons (Fsp3) is 0.267. The van der Waals surface area contributed by atoms with Gasteiger partial charge in [0.25, 0.3) is 0 Å². The third kappa shape index (κ3) is 4.02. The van der Waals surface area contributed by atoms with E-state index in [2.05, 4.69) is 42.2 Å². The van der Waals surface area contributed by atoms with E-state index >= 15 is 0 Å². The summed E-state index contributed by atoms with van der Waals surface area (Å²) in [5, 5.41) is 3.44. The molecule has 1 aromatic heterocycles. The molecule has 3 nitrogen and oxygen atoms in total. The number of aromatic nitrogens is 1. The summed E-state index contributed by atoms with van der Waals surface area (Å²) in [7, 11) is 0. The Morgan fingerprint density at radius 1 is 1.29 bits per heavy atom. The van der Waals surface area contributed by atoms with Gasteiger partial charge in [0.05, 0.1) is 4.47 Å². The van der Waals surface area contributed by atoms with Crippen LogP contribution in [-0.2, 0) is 6.54 Å². The van der Waals surface area contributed by atoms with Crippen LogP contribution >= 0.6 is 31.9 Å². The van der Waals surface area contributed by atoms with Crippen molar-refractivity contribution in [2.75, 3.05) is 0 Å². The third-order valence-electron chi connectivity index (χ3n) is 3.16. The first-order valence-electron chi connectivity index (χ1n) is 6.62. The summed E-state index contributed by atoms with van der Waals surface area (Å²) in [6, 6.07) is 7.13. The predicted molar refractivity (Wildman–Crippen MR) is 86.0 cm³/mol. The van der Waals surface area contributed by atoms with Gasteiger partial charge in [-0.05, 0) is 69.0 Å². The lowest BCUT2D eigenvalue weighted by molar-refractivity contribution is 0.450. The van der Waals surface area contributed by atoms with Crippen LogP contribution in [-0.4, -0.2) is 11.0 Å². The molecule has 1 aliphatic carbocycles. The Kier molecular flexibility index (Phi) is 4.57. The first kappa shape index (κ1) is 14.9. The van der Waals surface area contributed by atoms with Gasteiger partial charge in [0.15, 0.2) is 0 Å². The van der Waals surface area contributed by atoms with E-state index in [1.54, 1.807) is 18.3 Å². The maximum absolute atomic E-state index is 13.3. The SMILES string of the molecule is Fc1ccc(Oc2ncc(Br)cc2CNC2CC2)cc1Br. The van der Waals surface area contributed by atoms with Crippen molar-refractivity contribution in [2.24, 2.45) is 0 Å². The van der Waals surface area contributed by atoms with E-state index in [0.717, 1.165) is 10.0 Å². The lowest BCUT2D eigenvalue weighted by atomic mass is 10.2. The van der Waals surface area contributed by atoms with Crippen molar-refractivity contribution in [3.05, 3.63) is 50.8 Å². The second-order valence-corrected chi connectivity index (χ2v) is 6.72. The van der Waals surface area contributed by atoms with E-state index in [1.165, 1.54) is 18.9 Å². The molecule has 0 bridgehead atoms. The van der Waals surface area contributed by atoms with E-state index in [4.69, 9.17) is 4.74 Å². The van der Waals surface area contributed by atoms with Gasteiger partial charge in [0.2, 0.25) is 5.88 Å². The second kappa shape index (κ2) is 6.42. The van der Waals surface area contributed by atoms with E-state index in [0.29, 0.717) is 28.7 Å². The molecule has 0 saturated heterocycles. The van der Waals surface area contributed by atoms with Gasteiger partial charge in [-0.3, -0.25) is 0 Å². The number of hydrogen-bond donors (Lipinski definition) is 1. The molecule has 6 heteroatoms. The molecule has 0 amide bonds. The number of pyridine rings is 1. The molecule has 1 N–H and O–H groups in total. The maximum Gasteiger partial charge on any atom is 0.223 e. The highest BCUT2D eigenvalue weighted by atomic mass is 79.9. The Hall–Kier alpha value is -0.980. The van der Waals surface area contributed by atoms with Gasteiger partial charge in [0, 0.05) is 28.8 Å². The molecular formula is C15H13Br2FN2O. The summed E-state index contributed by atoms with van der Waals surface area (Å²) >= 11 is 6.57. The van der Waals surface area contributed by atoms with Gasteiger partial charge in [-0.1, -0.05) is 0 Å². The average molecular weight is 416 g/mol. The highest BCUT2D eigenvalue weighted by molar-refractivity contribution is 9.10. The van der Waals surface area contributed by atoms with Crippen LogP contribution in [0.4, 0.5) is 4.39 Å². The first-order valence-corrected chi connectivity index (χ1v) is 8.21. The fourth-order valence-corrected chi connectivity index (χ4v) is 2.62. The zero-order valence-corrected chi connectivity index (χ0v) is 14.2. The summed E-state index contributed by atoms with van der Waals surface area (Å²) in [5.41, 5.74) is 0.969. The number of rotatable bonds is 5. The quantitative estimate of drug-likeness (QED) is 0.762. The lowest BCUT2D eigenvalue weighted by Crippen LogP contribution is -2.16. The van der Waals surface area contributed by atoms with Crippen LogP contribution in [0.1, 0.15) is 18.4 Å². The number of nitrogens with zero attached hydrogens (tertiary/aromatic N) is 1. The van der Waals surface area contributed by atoms with Crippen molar-refractivity contribution in [1.29, 1.82) is 0 Å². The van der Waals surface area contributed by atoms with Gasteiger partial charge in [-0.15, -0.1) is 0 Å². The van der Waals surface area contributed by atoms with Crippen molar-refractivity contribution in [3.8, 4) is 11.6 Å². The van der Waals surface area contributed by atoms with Crippen LogP contribution in [0.15, 0.2) is 39.4 Å². The van der Waals surface area contributed by atoms with Crippen molar-refractivity contribution in [3.63, 3.8) is 0 Å². The Balaban J connectivity index is 1.80. The molecule has 0 radical (unpaired) electrons. The summed E-state index contributed by atoms with van der Waals surface area (Å²) in [4.78, 5) is 4.31. The van der Waals surface area contributed by atoms with Gasteiger partial charge in [-0.25, -0.2) is 9.37 Å². The molecule has 110 valence electrons. The molecular weight excluding hydrogens is 403 g/mol. The molecule has 3 rings (SSSR count). The van der Waals surface area contributed by atoms with Crippen LogP contribution in [0.3, 0.4) is 0 Å². The second-order valence-electron chi connectivity index (χ2n) is 4.95. The largest absolute Gasteiger partial charge is 0.439 e. The Morgan fingerprint density at radius 3 is 2.81 bits per heavy atom. The normalized spacial score (nSPS) is 14.2. The number of ether oxygens (including phenoxy) is 1. The topological polar surface area (TPSA) is 34.1 Å². The fourth-order valence-electron chi connectivity index (χ4n) is 1.88. The van der Waals surface area contributed by atoms with Crippen molar-refractivity contribution >= 4 is 31.9 Å². The molecule has 21 heavy (non-hydrogen) atoms. The smallest absolute Gasteiger partial charge is 0.223 e. The molecule has 0 unspecified atom stereocenters. The number of benzene rings is 1. The zero-order chi connectivity index (χ0) is 14.8. The minimum atomic E-state index is -0.318. The van der Waals surface area contributed by atoms with Gasteiger partial charge >= 0.3 is 0 Å². The van der Waals surface area contributed by atoms with E-state index in [1.807, 2.05) is 6.07 Å². The third-order valence-corrected chi connectivity index (χ3v) is 4.20. The first-order chi connectivity index (χ1) is 10.1. The number of hydrogen-bond acceptors (Lipinski definition) is 3. The van der Waals surface area contributed by atoms with Crippen LogP contribution in [0.2, 0.25) is 0 Å². The van der Waals surface area contributed by atoms with E-state index in [-0.39, 0.29) is 5.82 Å². The molecule has 2 aromatic rings. The van der Waals surface area contributed by atoms with Crippen molar-refractivity contribution in [2.45, 2.75) is 25.4 Å². The highest BCUT2D eigenvalue weighted by Crippen LogP contribution is 2.29. The minimum absolute atomic E-state index is 0.318. The van der Waals surface area contributed by atoms with E-state index < -0.39 is 0 Å². The standard InChI is InChI=1S/C15H13Br2FN2O/c16-10-5-9(7-19-11-1-2-11)15(20-8-10)21-12-3-4-14(18)13(17)6-12/h3-6,8,11,19H,1-2,7H2. The van der Waals surface area contributed by atoms with Gasteiger partial charge in [0.1, 0.15) is 11.6 Å². The van der Waals surface area contributed by atoms with Crippen LogP contribution in [0.5, 0.6) is 11.6 Å². The number of nitrogens with one attached hydrogen (secondary N) is 1. The molecule has 1 heterocycles. The average Bonchev–Trinajstić information content (AvgIpc) is 3.27. The van der Waals surface area contributed by atoms with Crippen molar-refractivity contribution in [1.82, 2.24) is 10.3 Å². The molecule has 1 fully saturated rings. The summed E-state index contributed by atoms with van der Waals surface area (Å²) in [5.74, 6) is 0.761. The monoisotopic (exact) mass is 414 g/mol. The molecule has 0 aliphatic heterocycles. The van der Waals surface area contributed by atoms with Crippen LogP contribution < -0.4 is 10.1 Å². The van der Waals surface area contributed by atoms with Gasteiger partial charge < -0.3 is 10.1 Å². The summed E-state index contributed by atoms with van der Waals surface area (Å²) in [6.45, 7) is 0.703. The predicted octanol–water partition coefficient (Wildman–Crippen LogP) is 4.79. The summed E-state index contributed by atoms with van der Waals surface area (Å²) < 4.78 is 20.3. The van der Waals surface area contributed by atoms with Crippen LogP contribution in [0, 0.1) is 5.82 Å². The summed E-state index contributed by atoms with van der Waals surface area (Å²) in [6.07, 6.45) is 4.14. The zero-order valence-electron chi connectivity index (χ0n) is 11.1. The molecule has 0 atom stereocenters. The molecule has 1 saturated carbocycles. The Morgan fingerprint density at radius 2 is 2.10 bits per heavy atom. The molecule has 0 spiro atoms. The van der Waals surface area contributed by atoms with Crippen molar-refractivity contribution < 1.29 is 9.13 Å². The molecule has 1 aliphatic rings. The van der Waals surface area contributed by atoms with Gasteiger partial charge in [-0.2, -0.15) is 0 Å². The maximum atomic E-state index is 13.3. The molecule has 1 aromatic carbocycles. The lowest BCUT2D eigenvalue weighted by Gasteiger charge is -2.11. The number of halogens is 3. The Bertz CT molecular complexity index is 662. The minimum Gasteiger partial charge on any atom is -0.439 e. The van der Waals surface area contributed by atoms with Crippen LogP contribution in [0.25, 0.3) is 0 Å². The highest BCUT2D eigenvalue weighted by Gasteiger charge is 2.21.